The Bertz CT molecular complexity index is 1000. The molecule has 4 rings (SSSR count). The first-order chi connectivity index (χ1) is 12.2. The van der Waals surface area contributed by atoms with Gasteiger partial charge in [-0.2, -0.15) is 0 Å². The van der Waals surface area contributed by atoms with Crippen molar-refractivity contribution >= 4 is 22.7 Å². The van der Waals surface area contributed by atoms with Crippen LogP contribution in [0.3, 0.4) is 0 Å². The Morgan fingerprint density at radius 2 is 1.57 bits per heavy atom. The van der Waals surface area contributed by atoms with E-state index in [1.807, 2.05) is 34.5 Å². The summed E-state index contributed by atoms with van der Waals surface area (Å²) in [6.07, 6.45) is 7.14. The van der Waals surface area contributed by atoms with Gasteiger partial charge in [0.2, 0.25) is 0 Å². The molecule has 2 aliphatic heterocycles. The molecule has 0 atom stereocenters. The van der Waals surface area contributed by atoms with Gasteiger partial charge in [-0.05, 0) is 18.7 Å². The van der Waals surface area contributed by atoms with E-state index in [4.69, 9.17) is 5.11 Å². The number of rotatable bonds is 3. The average Bonchev–Trinajstić information content (AvgIpc) is 3.30. The first kappa shape index (κ1) is 28.9. The summed E-state index contributed by atoms with van der Waals surface area (Å²) in [5, 5.41) is 9.72. The molecule has 28 heavy (non-hydrogen) atoms. The zero-order valence-corrected chi connectivity index (χ0v) is 25.3. The maximum atomic E-state index is 11.9. The Morgan fingerprint density at radius 3 is 2.00 bits per heavy atom. The largest absolute Gasteiger partial charge is 0.806 e. The van der Waals surface area contributed by atoms with Crippen LogP contribution >= 0.6 is 11.9 Å². The number of aliphatic hydroxyl groups excluding tert-OH is 1. The van der Waals surface area contributed by atoms with Crippen LogP contribution < -0.4 is 20.8 Å². The third kappa shape index (κ3) is 6.69. The predicted octanol–water partition coefficient (Wildman–Crippen LogP) is 0.381. The van der Waals surface area contributed by atoms with Gasteiger partial charge in [0.05, 0.1) is 6.61 Å². The number of fused-ring (bicyclic) bond motifs is 1. The molecule has 2 heterocycles. The maximum absolute atomic E-state index is 11.9. The molecule has 0 saturated heterocycles. The van der Waals surface area contributed by atoms with Crippen molar-refractivity contribution in [1.82, 2.24) is 19.2 Å². The quantitative estimate of drug-likeness (QED) is 0.231. The van der Waals surface area contributed by atoms with E-state index >= 15 is 0 Å². The number of β-amino-alcohol motifs (C(OH)–C–C–N with tert-alkyl or cyclic N) is 1. The second-order valence-electron chi connectivity index (χ2n) is 5.19. The van der Waals surface area contributed by atoms with Crippen LogP contribution in [0.5, 0.6) is 0 Å². The molecule has 1 N–H and O–H groups in total. The van der Waals surface area contributed by atoms with E-state index < -0.39 is 0 Å². The molecule has 1 aromatic carbocycles. The summed E-state index contributed by atoms with van der Waals surface area (Å²) >= 11 is 1.63. The van der Waals surface area contributed by atoms with Crippen molar-refractivity contribution < 1.29 is 110 Å². The van der Waals surface area contributed by atoms with Crippen LogP contribution in [0.4, 0.5) is 0 Å². The fourth-order valence-corrected chi connectivity index (χ4v) is 2.85. The van der Waals surface area contributed by atoms with Crippen LogP contribution in [0.2, 0.25) is 0 Å². The van der Waals surface area contributed by atoms with Gasteiger partial charge >= 0.3 is 0 Å². The number of hydrogen-bond acceptors (Lipinski definition) is 6. The molecule has 0 spiro atoms. The first-order valence-electron chi connectivity index (χ1n) is 7.54. The summed E-state index contributed by atoms with van der Waals surface area (Å²) in [6, 6.07) is 6.72. The van der Waals surface area contributed by atoms with E-state index in [2.05, 4.69) is 9.97 Å². The molecule has 3 radical (unpaired) electrons. The predicted molar refractivity (Wildman–Crippen MR) is 96.6 cm³/mol. The Kier molecular flexibility index (Phi) is 14.5. The van der Waals surface area contributed by atoms with Crippen molar-refractivity contribution in [2.45, 2.75) is 0 Å². The first-order valence-corrected chi connectivity index (χ1v) is 8.72. The monoisotopic (exact) mass is 835 g/mol. The fourth-order valence-electron chi connectivity index (χ4n) is 2.46. The zero-order valence-electron chi connectivity index (χ0n) is 15.0. The SMILES string of the molecule is CSN1C=CN(CCO)[CH-]1.O=c1c2[n-][cH-][n-]c=2c(=O)c2ccccc12.[Au].[Pr].[Pr]. The second kappa shape index (κ2) is 14.0. The van der Waals surface area contributed by atoms with Gasteiger partial charge in [0.25, 0.3) is 0 Å². The molecule has 3 aliphatic rings. The Balaban J connectivity index is 0.000000503. The van der Waals surface area contributed by atoms with Gasteiger partial charge in [0.1, 0.15) is 10.9 Å². The molecule has 7 nitrogen and oxygen atoms in total. The van der Waals surface area contributed by atoms with E-state index in [0.717, 1.165) is 0 Å². The van der Waals surface area contributed by atoms with Crippen LogP contribution in [0, 0.1) is 100.0 Å². The molecule has 1 aliphatic carbocycles. The minimum absolute atomic E-state index is 0. The van der Waals surface area contributed by atoms with Crippen LogP contribution in [0.25, 0.3) is 10.8 Å². The van der Waals surface area contributed by atoms with E-state index in [9.17, 15) is 9.59 Å². The Morgan fingerprint density at radius 1 is 1.04 bits per heavy atom. The molecule has 0 aromatic heterocycles. The molecule has 0 unspecified atom stereocenters. The summed E-state index contributed by atoms with van der Waals surface area (Å²) in [4.78, 5) is 33.3. The molecule has 0 saturated carbocycles. The average molecular weight is 835 g/mol. The smallest absolute Gasteiger partial charge is 0.104 e. The van der Waals surface area contributed by atoms with Crippen molar-refractivity contribution in [2.75, 3.05) is 19.4 Å². The van der Waals surface area contributed by atoms with Crippen molar-refractivity contribution in [1.29, 1.82) is 0 Å². The molecule has 149 valence electrons. The Hall–Kier alpha value is 0.888. The molecule has 0 amide bonds. The minimum atomic E-state index is -0.224. The third-order valence-corrected chi connectivity index (χ3v) is 4.32. The van der Waals surface area contributed by atoms with E-state index in [1.165, 1.54) is 6.33 Å². The summed E-state index contributed by atoms with van der Waals surface area (Å²) in [7, 11) is 0. The zero-order chi connectivity index (χ0) is 17.8. The minimum Gasteiger partial charge on any atom is -0.806 e. The Labute approximate surface area is 248 Å². The molecule has 0 bridgehead atoms. The van der Waals surface area contributed by atoms with Gasteiger partial charge in [0, 0.05) is 122 Å². The number of hydrogen-bond donors (Lipinski definition) is 1. The number of aromatic nitrogens is 2. The van der Waals surface area contributed by atoms with Crippen molar-refractivity contribution in [3.63, 3.8) is 0 Å². The van der Waals surface area contributed by atoms with E-state index in [-0.39, 0.29) is 133 Å². The topological polar surface area (TPSA) is 89.1 Å². The van der Waals surface area contributed by atoms with Gasteiger partial charge in [-0.1, -0.05) is 36.2 Å². The fraction of sp³-hybridized carbons (Fsp3) is 0.176. The summed E-state index contributed by atoms with van der Waals surface area (Å²) in [5.41, 5.74) is -0.449. The van der Waals surface area contributed by atoms with Crippen molar-refractivity contribution in [3.05, 3.63) is 80.8 Å². The van der Waals surface area contributed by atoms with Crippen molar-refractivity contribution in [3.8, 4) is 0 Å². The number of nitrogens with zero attached hydrogens (tertiary/aromatic N) is 4. The van der Waals surface area contributed by atoms with Crippen LogP contribution in [-0.4, -0.2) is 33.7 Å². The molecular weight excluding hydrogens is 819 g/mol. The number of aliphatic hydroxyl groups is 1. The van der Waals surface area contributed by atoms with Gasteiger partial charge < -0.3 is 40.2 Å². The van der Waals surface area contributed by atoms with Crippen molar-refractivity contribution in [2.24, 2.45) is 0 Å². The van der Waals surface area contributed by atoms with Crippen LogP contribution in [0.1, 0.15) is 0 Å². The second-order valence-corrected chi connectivity index (χ2v) is 5.98. The summed E-state index contributed by atoms with van der Waals surface area (Å²) < 4.78 is 1.98. The van der Waals surface area contributed by atoms with E-state index in [0.29, 0.717) is 17.3 Å². The van der Waals surface area contributed by atoms with Gasteiger partial charge in [-0.15, -0.1) is 6.67 Å². The normalized spacial score (nSPS) is 12.1. The van der Waals surface area contributed by atoms with Gasteiger partial charge in [-0.3, -0.25) is 10.7 Å². The molecule has 11 heteroatoms. The number of benzene rings is 1. The molecule has 0 fully saturated rings. The van der Waals surface area contributed by atoms with Gasteiger partial charge in [0.15, 0.2) is 0 Å². The van der Waals surface area contributed by atoms with E-state index in [1.54, 1.807) is 36.2 Å². The van der Waals surface area contributed by atoms with Gasteiger partial charge in [-0.25, -0.2) is 0 Å². The maximum Gasteiger partial charge on any atom is 0.104 e. The van der Waals surface area contributed by atoms with Crippen LogP contribution in [-0.2, 0) is 22.4 Å². The third-order valence-electron chi connectivity index (χ3n) is 3.68. The molecule has 1 aromatic rings. The van der Waals surface area contributed by atoms with Crippen LogP contribution in [0.15, 0.2) is 52.6 Å². The molecular formula is C17H16AuN4O3Pr2S-4. The standard InChI is InChI=1S/C11H5N2O2.C6H11N2OS.Au.2Pr/c14-10-6-3-1-2-4-7(6)11(15)9-8(10)12-5-13-9;1-10-8-3-2-7(6-8)4-5-9;;;/h1-5H;2-3,6,9H,4-5H2,1H3;;;/q-3;-1;;;. The summed E-state index contributed by atoms with van der Waals surface area (Å²) in [5.74, 6) is 0. The summed E-state index contributed by atoms with van der Waals surface area (Å²) in [6.45, 7) is 2.82.